The third kappa shape index (κ3) is 10.1. The molecule has 0 aliphatic carbocycles. The number of Topliss-reactive ketones (excluding diaryl/α,β-unsaturated/α-hetero) is 2. The molecule has 4 aromatic carbocycles. The second-order valence-corrected chi connectivity index (χ2v) is 16.0. The predicted molar refractivity (Wildman–Crippen MR) is 226 cm³/mol. The summed E-state index contributed by atoms with van der Waals surface area (Å²) in [6.45, 7) is -0.304. The minimum atomic E-state index is -0.539. The summed E-state index contributed by atoms with van der Waals surface area (Å²) >= 11 is 49.5. The number of benzene rings is 4. The Hall–Kier alpha value is -3.56. The molecule has 2 aliphatic rings. The Labute approximate surface area is 357 Å². The van der Waals surface area contributed by atoms with Crippen LogP contribution in [0.1, 0.15) is 28.7 Å². The molecule has 2 saturated heterocycles. The van der Waals surface area contributed by atoms with Crippen molar-refractivity contribution in [3.8, 4) is 0 Å². The Balaban J connectivity index is 1.31. The molecule has 0 bridgehead atoms. The molecule has 2 amide bonds. The maximum absolute atomic E-state index is 14.0. The fourth-order valence-electron chi connectivity index (χ4n) is 6.00. The lowest BCUT2D eigenvalue weighted by Gasteiger charge is -2.32. The number of hydrogen-bond acceptors (Lipinski definition) is 4. The molecule has 0 radical (unpaired) electrons. The van der Waals surface area contributed by atoms with E-state index in [1.54, 1.807) is 97.1 Å². The van der Waals surface area contributed by atoms with Gasteiger partial charge in [-0.3, -0.25) is 19.2 Å². The van der Waals surface area contributed by atoms with Gasteiger partial charge < -0.3 is 9.80 Å². The molecule has 14 heteroatoms. The Morgan fingerprint density at radius 2 is 0.655 bits per heavy atom. The number of likely N-dealkylation sites (tertiary alicyclic amines) is 2. The monoisotopic (exact) mass is 890 g/mol. The van der Waals surface area contributed by atoms with Crippen LogP contribution >= 0.6 is 92.8 Å². The highest BCUT2D eigenvalue weighted by Gasteiger charge is 2.34. The first-order valence-corrected chi connectivity index (χ1v) is 19.4. The first-order valence-electron chi connectivity index (χ1n) is 16.4. The van der Waals surface area contributed by atoms with Crippen molar-refractivity contribution in [3.63, 3.8) is 0 Å². The predicted octanol–water partition coefficient (Wildman–Crippen LogP) is 11.8. The summed E-state index contributed by atoms with van der Waals surface area (Å²) in [6, 6.07) is 19.7. The maximum Gasteiger partial charge on any atom is 0.232 e. The highest BCUT2D eigenvalue weighted by molar-refractivity contribution is 6.43. The van der Waals surface area contributed by atoms with Gasteiger partial charge in [-0.25, -0.2) is 0 Å². The van der Waals surface area contributed by atoms with E-state index >= 15 is 0 Å². The molecule has 2 aliphatic heterocycles. The third-order valence-corrected chi connectivity index (χ3v) is 11.7. The summed E-state index contributed by atoms with van der Waals surface area (Å²) in [5, 5.41) is 2.57. The van der Waals surface area contributed by atoms with E-state index < -0.39 is 18.2 Å². The topological polar surface area (TPSA) is 74.8 Å². The van der Waals surface area contributed by atoms with E-state index in [4.69, 9.17) is 92.8 Å². The van der Waals surface area contributed by atoms with Gasteiger partial charge in [0.1, 0.15) is 6.42 Å². The van der Waals surface area contributed by atoms with E-state index in [-0.39, 0.29) is 37.7 Å². The van der Waals surface area contributed by atoms with Crippen LogP contribution in [0.4, 0.5) is 0 Å². The quantitative estimate of drug-likeness (QED) is 0.143. The molecule has 280 valence electrons. The van der Waals surface area contributed by atoms with Gasteiger partial charge in [0.2, 0.25) is 11.8 Å². The molecule has 0 unspecified atom stereocenters. The van der Waals surface area contributed by atoms with Crippen molar-refractivity contribution in [2.24, 2.45) is 0 Å². The second-order valence-electron chi connectivity index (χ2n) is 12.7. The Morgan fingerprint density at radius 3 is 0.873 bits per heavy atom. The number of hydrogen-bond donors (Lipinski definition) is 0. The number of carbonyl (C=O) groups is 4. The van der Waals surface area contributed by atoms with Crippen molar-refractivity contribution in [3.05, 3.63) is 158 Å². The molecular weight excluding hydrogens is 868 g/mol. The largest absolute Gasteiger partial charge is 0.333 e. The summed E-state index contributed by atoms with van der Waals surface area (Å²) in [5.41, 5.74) is 3.54. The summed E-state index contributed by atoms with van der Waals surface area (Å²) in [7, 11) is 0. The lowest BCUT2D eigenvalue weighted by atomic mass is 9.93. The fraction of sp³-hybridized carbons (Fsp3) is 0.122. The van der Waals surface area contributed by atoms with Gasteiger partial charge in [-0.05, 0) is 95.1 Å². The zero-order valence-corrected chi connectivity index (χ0v) is 34.4. The summed E-state index contributed by atoms with van der Waals surface area (Å²) in [6.07, 6.45) is 5.98. The SMILES string of the molecule is O=C1/C(=C/c2ccc(Cl)c(Cl)c2)CN(C(=O)CC(=O)N2C/C(=C\c3ccc(Cl)c(Cl)c3)C(=O)/C(=C/c3ccc(Cl)c(Cl)c3)C2)C/C1=C\c1ccc(Cl)c(Cl)c1. The number of amides is 2. The molecule has 0 saturated carbocycles. The van der Waals surface area contributed by atoms with Crippen LogP contribution in [-0.2, 0) is 19.2 Å². The van der Waals surface area contributed by atoms with Crippen LogP contribution in [0.15, 0.2) is 95.1 Å². The second kappa shape index (κ2) is 17.7. The van der Waals surface area contributed by atoms with Crippen molar-refractivity contribution >= 4 is 140 Å². The normalized spacial score (nSPS) is 17.9. The van der Waals surface area contributed by atoms with Gasteiger partial charge in [-0.1, -0.05) is 117 Å². The zero-order valence-electron chi connectivity index (χ0n) is 28.3. The molecule has 6 nitrogen and oxygen atoms in total. The van der Waals surface area contributed by atoms with Gasteiger partial charge >= 0.3 is 0 Å². The molecular formula is C41H26Cl8N2O4. The molecule has 0 N–H and O–H groups in total. The highest BCUT2D eigenvalue weighted by Crippen LogP contribution is 2.31. The number of nitrogens with zero attached hydrogens (tertiary/aromatic N) is 2. The van der Waals surface area contributed by atoms with E-state index in [9.17, 15) is 19.2 Å². The Morgan fingerprint density at radius 1 is 0.418 bits per heavy atom. The molecule has 55 heavy (non-hydrogen) atoms. The van der Waals surface area contributed by atoms with Gasteiger partial charge in [0, 0.05) is 48.5 Å². The molecule has 2 heterocycles. The number of halogens is 8. The third-order valence-electron chi connectivity index (χ3n) is 8.76. The van der Waals surface area contributed by atoms with Crippen LogP contribution in [0.3, 0.4) is 0 Å². The standard InChI is InChI=1S/C41H26Cl8N2O4/c42-30-5-1-22(13-34(30)46)9-26-18-50(19-27(40(26)54)10-23-2-6-31(43)35(47)14-23)38(52)17-39(53)51-20-28(11-24-3-7-32(44)36(48)15-24)41(55)29(21-51)12-25-4-8-33(45)37(49)16-25/h1-16H,17-21H2/b26-9+,27-10+,28-11+,29-12+. The van der Waals surface area contributed by atoms with Crippen molar-refractivity contribution < 1.29 is 19.2 Å². The molecule has 2 fully saturated rings. The highest BCUT2D eigenvalue weighted by atomic mass is 35.5. The van der Waals surface area contributed by atoms with Crippen molar-refractivity contribution in [1.82, 2.24) is 9.80 Å². The number of rotatable bonds is 6. The maximum atomic E-state index is 14.0. The van der Waals surface area contributed by atoms with E-state index in [0.29, 0.717) is 84.7 Å². The molecule has 0 atom stereocenters. The summed E-state index contributed by atoms with van der Waals surface area (Å²) in [5.74, 6) is -1.65. The summed E-state index contributed by atoms with van der Waals surface area (Å²) in [4.78, 5) is 58.5. The van der Waals surface area contributed by atoms with Crippen LogP contribution in [0.5, 0.6) is 0 Å². The molecule has 6 rings (SSSR count). The van der Waals surface area contributed by atoms with Crippen LogP contribution in [0.25, 0.3) is 24.3 Å². The average Bonchev–Trinajstić information content (AvgIpc) is 3.14. The van der Waals surface area contributed by atoms with E-state index in [2.05, 4.69) is 0 Å². The molecule has 4 aromatic rings. The minimum absolute atomic E-state index is 0.0760. The van der Waals surface area contributed by atoms with Crippen molar-refractivity contribution in [2.45, 2.75) is 6.42 Å². The molecule has 0 aromatic heterocycles. The minimum Gasteiger partial charge on any atom is -0.333 e. The summed E-state index contributed by atoms with van der Waals surface area (Å²) < 4.78 is 0. The van der Waals surface area contributed by atoms with Gasteiger partial charge in [-0.2, -0.15) is 0 Å². The van der Waals surface area contributed by atoms with Crippen LogP contribution in [-0.4, -0.2) is 59.4 Å². The van der Waals surface area contributed by atoms with E-state index in [0.717, 1.165) is 0 Å². The average molecular weight is 894 g/mol. The van der Waals surface area contributed by atoms with Crippen LogP contribution in [0.2, 0.25) is 40.2 Å². The number of ketones is 2. The van der Waals surface area contributed by atoms with Crippen LogP contribution in [0, 0.1) is 0 Å². The van der Waals surface area contributed by atoms with Gasteiger partial charge in [0.05, 0.1) is 40.2 Å². The fourth-order valence-corrected chi connectivity index (χ4v) is 7.22. The van der Waals surface area contributed by atoms with Gasteiger partial charge in [-0.15, -0.1) is 0 Å². The first kappa shape index (κ1) is 41.1. The molecule has 0 spiro atoms. The van der Waals surface area contributed by atoms with Crippen molar-refractivity contribution in [2.75, 3.05) is 26.2 Å². The Bertz CT molecular complexity index is 2090. The lowest BCUT2D eigenvalue weighted by Crippen LogP contribution is -2.46. The van der Waals surface area contributed by atoms with E-state index in [1.807, 2.05) is 0 Å². The number of piperidine rings is 2. The van der Waals surface area contributed by atoms with Crippen molar-refractivity contribution in [1.29, 1.82) is 0 Å². The number of carbonyl (C=O) groups excluding carboxylic acids is 4. The van der Waals surface area contributed by atoms with Gasteiger partial charge in [0.15, 0.2) is 11.6 Å². The van der Waals surface area contributed by atoms with E-state index in [1.165, 1.54) is 9.80 Å². The Kier molecular flexibility index (Phi) is 13.2. The van der Waals surface area contributed by atoms with Crippen LogP contribution < -0.4 is 0 Å². The smallest absolute Gasteiger partial charge is 0.232 e. The first-order chi connectivity index (χ1) is 26.1. The van der Waals surface area contributed by atoms with Gasteiger partial charge in [0.25, 0.3) is 0 Å². The lowest BCUT2D eigenvalue weighted by molar-refractivity contribution is -0.140. The zero-order chi connectivity index (χ0) is 39.6.